The van der Waals surface area contributed by atoms with Crippen molar-refractivity contribution in [2.75, 3.05) is 4.90 Å². The number of thiocarbonyl (C=S) groups is 1. The van der Waals surface area contributed by atoms with E-state index in [0.29, 0.717) is 5.11 Å². The zero-order valence-electron chi connectivity index (χ0n) is 18.9. The van der Waals surface area contributed by atoms with Gasteiger partial charge < -0.3 is 19.9 Å². The lowest BCUT2D eigenvalue weighted by Crippen LogP contribution is -2.29. The van der Waals surface area contributed by atoms with E-state index in [1.54, 1.807) is 12.1 Å². The Kier molecular flexibility index (Phi) is 5.38. The monoisotopic (exact) mass is 454 g/mol. The second-order valence-corrected chi connectivity index (χ2v) is 8.90. The van der Waals surface area contributed by atoms with Gasteiger partial charge in [0.1, 0.15) is 5.75 Å². The Morgan fingerprint density at radius 3 is 2.27 bits per heavy atom. The number of aromatic hydroxyl groups is 1. The minimum Gasteiger partial charge on any atom is -0.508 e. The van der Waals surface area contributed by atoms with Crippen molar-refractivity contribution in [1.82, 2.24) is 14.9 Å². The largest absolute Gasteiger partial charge is 0.508 e. The molecule has 0 saturated carbocycles. The Balaban J connectivity index is 1.67. The fourth-order valence-corrected chi connectivity index (χ4v) is 5.09. The maximum atomic E-state index is 9.74. The summed E-state index contributed by atoms with van der Waals surface area (Å²) < 4.78 is 2.22. The number of nitrogens with one attached hydrogen (secondary N) is 1. The van der Waals surface area contributed by atoms with Gasteiger partial charge in [-0.3, -0.25) is 4.98 Å². The second-order valence-electron chi connectivity index (χ2n) is 8.51. The van der Waals surface area contributed by atoms with Gasteiger partial charge >= 0.3 is 0 Å². The Labute approximate surface area is 199 Å². The smallest absolute Gasteiger partial charge is 0.174 e. The number of benzene rings is 2. The summed E-state index contributed by atoms with van der Waals surface area (Å²) in [6, 6.07) is 23.8. The zero-order valence-corrected chi connectivity index (χ0v) is 19.7. The van der Waals surface area contributed by atoms with E-state index < -0.39 is 0 Å². The van der Waals surface area contributed by atoms with Crippen LogP contribution < -0.4 is 10.2 Å². The number of anilines is 1. The van der Waals surface area contributed by atoms with Crippen molar-refractivity contribution >= 4 is 23.0 Å². The first kappa shape index (κ1) is 21.2. The Hall–Kier alpha value is -3.64. The van der Waals surface area contributed by atoms with Gasteiger partial charge in [-0.25, -0.2) is 0 Å². The van der Waals surface area contributed by atoms with Crippen molar-refractivity contribution in [2.24, 2.45) is 0 Å². The van der Waals surface area contributed by atoms with E-state index in [4.69, 9.17) is 12.2 Å². The van der Waals surface area contributed by atoms with Crippen LogP contribution in [0.25, 0.3) is 5.69 Å². The summed E-state index contributed by atoms with van der Waals surface area (Å²) in [6.07, 6.45) is 1.82. The maximum absolute atomic E-state index is 9.74. The van der Waals surface area contributed by atoms with E-state index in [9.17, 15) is 5.11 Å². The van der Waals surface area contributed by atoms with Crippen LogP contribution in [0.1, 0.15) is 40.3 Å². The molecule has 2 atom stereocenters. The highest BCUT2D eigenvalue weighted by Crippen LogP contribution is 2.43. The van der Waals surface area contributed by atoms with E-state index in [-0.39, 0.29) is 17.8 Å². The number of rotatable bonds is 4. The van der Waals surface area contributed by atoms with Gasteiger partial charge in [0, 0.05) is 29.0 Å². The summed E-state index contributed by atoms with van der Waals surface area (Å²) in [5.74, 6) is 0.257. The van der Waals surface area contributed by atoms with Crippen LogP contribution in [-0.4, -0.2) is 19.8 Å². The fraction of sp³-hybridized carbons (Fsp3) is 0.185. The Bertz CT molecular complexity index is 1300. The summed E-state index contributed by atoms with van der Waals surface area (Å²) in [6.45, 7) is 6.33. The van der Waals surface area contributed by atoms with Gasteiger partial charge in [0.25, 0.3) is 0 Å². The summed E-state index contributed by atoms with van der Waals surface area (Å²) in [5.41, 5.74) is 7.66. The SMILES string of the molecule is Cc1ccc(N2C(=S)N[C@@H](c3ccccn3)[C@H]2c2cc(C)n(-c3ccc(O)cc3)c2C)cc1. The molecule has 5 nitrogen and oxygen atoms in total. The number of hydrogen-bond donors (Lipinski definition) is 2. The molecule has 4 aromatic rings. The number of aromatic nitrogens is 2. The number of phenolic OH excluding ortho intramolecular Hbond substituents is 1. The van der Waals surface area contributed by atoms with Gasteiger partial charge in [0.2, 0.25) is 0 Å². The fourth-order valence-electron chi connectivity index (χ4n) is 4.74. The summed E-state index contributed by atoms with van der Waals surface area (Å²) in [7, 11) is 0. The zero-order chi connectivity index (χ0) is 23.1. The molecule has 2 aromatic carbocycles. The molecule has 2 N–H and O–H groups in total. The van der Waals surface area contributed by atoms with Crippen LogP contribution in [0.3, 0.4) is 0 Å². The van der Waals surface area contributed by atoms with E-state index in [0.717, 1.165) is 28.5 Å². The predicted octanol–water partition coefficient (Wildman–Crippen LogP) is 5.68. The topological polar surface area (TPSA) is 53.3 Å². The van der Waals surface area contributed by atoms with E-state index in [2.05, 4.69) is 70.9 Å². The first-order valence-electron chi connectivity index (χ1n) is 11.0. The average Bonchev–Trinajstić information content (AvgIpc) is 3.31. The van der Waals surface area contributed by atoms with Crippen molar-refractivity contribution in [3.63, 3.8) is 0 Å². The standard InChI is InChI=1S/C27H26N4OS/c1-17-7-9-21(10-8-17)31-26(25(29-27(31)33)24-6-4-5-15-28-24)23-16-18(2)30(19(23)3)20-11-13-22(32)14-12-20/h4-16,25-26,32H,1-3H3,(H,29,33)/t25-,26+/m0/s1. The summed E-state index contributed by atoms with van der Waals surface area (Å²) >= 11 is 5.85. The van der Waals surface area contributed by atoms with Crippen LogP contribution in [0.2, 0.25) is 0 Å². The molecule has 6 heteroatoms. The van der Waals surface area contributed by atoms with Gasteiger partial charge in [0.15, 0.2) is 5.11 Å². The molecule has 33 heavy (non-hydrogen) atoms. The normalized spacial score (nSPS) is 17.9. The quantitative estimate of drug-likeness (QED) is 0.389. The van der Waals surface area contributed by atoms with E-state index >= 15 is 0 Å². The molecule has 0 bridgehead atoms. The molecule has 0 radical (unpaired) electrons. The van der Waals surface area contributed by atoms with Crippen LogP contribution in [0, 0.1) is 20.8 Å². The molecule has 1 fully saturated rings. The minimum atomic E-state index is -0.0891. The third kappa shape index (κ3) is 3.76. The molecule has 1 aliphatic heterocycles. The summed E-state index contributed by atoms with van der Waals surface area (Å²) in [5, 5.41) is 14.0. The van der Waals surface area contributed by atoms with Gasteiger partial charge in [-0.1, -0.05) is 23.8 Å². The molecule has 0 unspecified atom stereocenters. The molecular formula is C27H26N4OS. The Morgan fingerprint density at radius 1 is 0.909 bits per heavy atom. The average molecular weight is 455 g/mol. The first-order valence-corrected chi connectivity index (χ1v) is 11.4. The predicted molar refractivity (Wildman–Crippen MR) is 136 cm³/mol. The van der Waals surface area contributed by atoms with Crippen molar-refractivity contribution in [2.45, 2.75) is 32.9 Å². The van der Waals surface area contributed by atoms with Crippen LogP contribution in [0.5, 0.6) is 5.75 Å². The van der Waals surface area contributed by atoms with Gasteiger partial charge in [-0.2, -0.15) is 0 Å². The van der Waals surface area contributed by atoms with Gasteiger partial charge in [-0.05, 0) is 93.1 Å². The Morgan fingerprint density at radius 2 is 1.61 bits per heavy atom. The highest BCUT2D eigenvalue weighted by atomic mass is 32.1. The van der Waals surface area contributed by atoms with E-state index in [1.807, 2.05) is 36.5 Å². The van der Waals surface area contributed by atoms with Crippen molar-refractivity contribution in [3.05, 3.63) is 107 Å². The molecular weight excluding hydrogens is 428 g/mol. The molecule has 1 aliphatic rings. The highest BCUT2D eigenvalue weighted by molar-refractivity contribution is 7.80. The van der Waals surface area contributed by atoms with Crippen molar-refractivity contribution in [3.8, 4) is 11.4 Å². The van der Waals surface area contributed by atoms with Crippen LogP contribution in [0.15, 0.2) is 79.0 Å². The maximum Gasteiger partial charge on any atom is 0.174 e. The van der Waals surface area contributed by atoms with Crippen LogP contribution in [0.4, 0.5) is 5.69 Å². The number of aryl methyl sites for hydroxylation is 2. The number of phenols is 1. The van der Waals surface area contributed by atoms with Gasteiger partial charge in [0.05, 0.1) is 17.8 Å². The highest BCUT2D eigenvalue weighted by Gasteiger charge is 2.42. The molecule has 5 rings (SSSR count). The number of hydrogen-bond acceptors (Lipinski definition) is 3. The lowest BCUT2D eigenvalue weighted by Gasteiger charge is -2.28. The summed E-state index contributed by atoms with van der Waals surface area (Å²) in [4.78, 5) is 6.86. The van der Waals surface area contributed by atoms with E-state index in [1.165, 1.54) is 11.1 Å². The van der Waals surface area contributed by atoms with Crippen molar-refractivity contribution in [1.29, 1.82) is 0 Å². The molecule has 0 aliphatic carbocycles. The lowest BCUT2D eigenvalue weighted by atomic mass is 9.96. The first-order chi connectivity index (χ1) is 15.9. The van der Waals surface area contributed by atoms with Crippen LogP contribution in [-0.2, 0) is 0 Å². The number of pyridine rings is 1. The molecule has 166 valence electrons. The lowest BCUT2D eigenvalue weighted by molar-refractivity contribution is 0.475. The minimum absolute atomic E-state index is 0.0628. The third-order valence-electron chi connectivity index (χ3n) is 6.31. The molecule has 0 amide bonds. The molecule has 2 aromatic heterocycles. The molecule has 1 saturated heterocycles. The van der Waals surface area contributed by atoms with Gasteiger partial charge in [-0.15, -0.1) is 0 Å². The third-order valence-corrected chi connectivity index (χ3v) is 6.62. The molecule has 3 heterocycles. The second kappa shape index (κ2) is 8.37. The van der Waals surface area contributed by atoms with Crippen molar-refractivity contribution < 1.29 is 5.11 Å². The molecule has 0 spiro atoms. The van der Waals surface area contributed by atoms with Crippen LogP contribution >= 0.6 is 12.2 Å². The number of nitrogens with zero attached hydrogens (tertiary/aromatic N) is 3.